The van der Waals surface area contributed by atoms with Crippen LogP contribution in [0.5, 0.6) is 0 Å². The molecule has 1 aliphatic carbocycles. The molecule has 0 fully saturated rings. The predicted octanol–water partition coefficient (Wildman–Crippen LogP) is 3.05. The van der Waals surface area contributed by atoms with Crippen LogP contribution in [0.4, 0.5) is 0 Å². The summed E-state index contributed by atoms with van der Waals surface area (Å²) in [6.45, 7) is 0. The number of nitrogens with zero attached hydrogens (tertiary/aromatic N) is 4. The van der Waals surface area contributed by atoms with Crippen molar-refractivity contribution in [3.63, 3.8) is 0 Å². The highest BCUT2D eigenvalue weighted by Gasteiger charge is 2.24. The van der Waals surface area contributed by atoms with Gasteiger partial charge in [-0.2, -0.15) is 0 Å². The van der Waals surface area contributed by atoms with E-state index in [1.165, 1.54) is 11.1 Å². The van der Waals surface area contributed by atoms with Gasteiger partial charge in [-0.15, -0.1) is 10.2 Å². The lowest BCUT2D eigenvalue weighted by Gasteiger charge is -2.23. The van der Waals surface area contributed by atoms with E-state index in [-0.39, 0.29) is 0 Å². The Balaban J connectivity index is 1.74. The molecule has 3 aromatic rings. The minimum atomic E-state index is 0.392. The van der Waals surface area contributed by atoms with E-state index in [2.05, 4.69) is 39.4 Å². The molecule has 0 bridgehead atoms. The van der Waals surface area contributed by atoms with E-state index in [9.17, 15) is 0 Å². The highest BCUT2D eigenvalue weighted by molar-refractivity contribution is 6.29. The van der Waals surface area contributed by atoms with Crippen LogP contribution < -0.4 is 0 Å². The second-order valence-corrected chi connectivity index (χ2v) is 5.59. The van der Waals surface area contributed by atoms with Crippen LogP contribution in [-0.4, -0.2) is 19.6 Å². The first-order valence-corrected chi connectivity index (χ1v) is 7.12. The molecule has 0 spiro atoms. The number of aryl methyl sites for hydroxylation is 1. The Kier molecular flexibility index (Phi) is 2.70. The van der Waals surface area contributed by atoms with Crippen molar-refractivity contribution in [2.45, 2.75) is 25.2 Å². The molecule has 0 aliphatic heterocycles. The largest absolute Gasteiger partial charge is 0.269 e. The van der Waals surface area contributed by atoms with Crippen LogP contribution in [0.3, 0.4) is 0 Å². The fourth-order valence-electron chi connectivity index (χ4n) is 2.99. The van der Waals surface area contributed by atoms with Crippen molar-refractivity contribution >= 4 is 17.2 Å². The van der Waals surface area contributed by atoms with E-state index in [1.54, 1.807) is 12.4 Å². The van der Waals surface area contributed by atoms with Crippen molar-refractivity contribution in [1.82, 2.24) is 19.6 Å². The Bertz CT molecular complexity index is 780. The number of halogens is 1. The average Bonchev–Trinajstić information content (AvgIpc) is 2.89. The van der Waals surface area contributed by atoms with Gasteiger partial charge < -0.3 is 0 Å². The topological polar surface area (TPSA) is 43.1 Å². The molecular formula is C15H13ClN4. The van der Waals surface area contributed by atoms with Gasteiger partial charge in [0.15, 0.2) is 5.65 Å². The molecule has 4 nitrogen and oxygen atoms in total. The highest BCUT2D eigenvalue weighted by Crippen LogP contribution is 2.31. The molecule has 0 saturated heterocycles. The summed E-state index contributed by atoms with van der Waals surface area (Å²) >= 11 is 5.89. The molecule has 1 aliphatic rings. The number of fused-ring (bicyclic) bond motifs is 2. The van der Waals surface area contributed by atoms with Crippen LogP contribution in [0.2, 0.25) is 5.15 Å². The van der Waals surface area contributed by atoms with Crippen LogP contribution in [0.15, 0.2) is 36.7 Å². The normalized spacial score (nSPS) is 18.1. The van der Waals surface area contributed by atoms with E-state index in [1.807, 2.05) is 4.40 Å². The van der Waals surface area contributed by atoms with Gasteiger partial charge in [0.1, 0.15) is 17.3 Å². The highest BCUT2D eigenvalue weighted by atomic mass is 35.5. The van der Waals surface area contributed by atoms with Crippen molar-refractivity contribution in [3.8, 4) is 0 Å². The standard InChI is InChI=1S/C15H13ClN4/c16-13-8-14-18-19-15(20(14)9-17-13)12-6-5-10-3-1-2-4-11(10)7-12/h1-4,8-9,12H,5-7H2. The van der Waals surface area contributed by atoms with Crippen LogP contribution in [0, 0.1) is 0 Å². The van der Waals surface area contributed by atoms with Gasteiger partial charge >= 0.3 is 0 Å². The molecule has 2 aromatic heterocycles. The predicted molar refractivity (Wildman–Crippen MR) is 77.0 cm³/mol. The quantitative estimate of drug-likeness (QED) is 0.645. The third kappa shape index (κ3) is 1.88. The fraction of sp³-hybridized carbons (Fsp3) is 0.267. The van der Waals surface area contributed by atoms with Crippen molar-refractivity contribution in [3.05, 3.63) is 58.8 Å². The first kappa shape index (κ1) is 11.9. The minimum Gasteiger partial charge on any atom is -0.269 e. The van der Waals surface area contributed by atoms with E-state index in [0.29, 0.717) is 11.1 Å². The molecule has 1 unspecified atom stereocenters. The van der Waals surface area contributed by atoms with Crippen LogP contribution in [0.1, 0.15) is 29.3 Å². The summed E-state index contributed by atoms with van der Waals surface area (Å²) in [5.41, 5.74) is 3.64. The summed E-state index contributed by atoms with van der Waals surface area (Å²) in [5, 5.41) is 9.00. The van der Waals surface area contributed by atoms with Crippen LogP contribution in [-0.2, 0) is 12.8 Å². The summed E-state index contributed by atoms with van der Waals surface area (Å²) in [4.78, 5) is 4.13. The summed E-state index contributed by atoms with van der Waals surface area (Å²) in [5.74, 6) is 1.38. The Hall–Kier alpha value is -1.94. The fourth-order valence-corrected chi connectivity index (χ4v) is 3.13. The molecular weight excluding hydrogens is 272 g/mol. The molecule has 0 amide bonds. The lowest BCUT2D eigenvalue weighted by atomic mass is 9.83. The first-order chi connectivity index (χ1) is 9.81. The minimum absolute atomic E-state index is 0.392. The molecule has 0 N–H and O–H groups in total. The van der Waals surface area contributed by atoms with Crippen LogP contribution >= 0.6 is 11.6 Å². The molecule has 100 valence electrons. The van der Waals surface area contributed by atoms with Gasteiger partial charge in [0.2, 0.25) is 0 Å². The molecule has 0 saturated carbocycles. The third-order valence-corrected chi connectivity index (χ3v) is 4.21. The number of benzene rings is 1. The van der Waals surface area contributed by atoms with Gasteiger partial charge in [-0.05, 0) is 30.4 Å². The maximum Gasteiger partial charge on any atom is 0.165 e. The summed E-state index contributed by atoms with van der Waals surface area (Å²) in [6, 6.07) is 10.4. The Labute approximate surface area is 121 Å². The summed E-state index contributed by atoms with van der Waals surface area (Å²) in [6.07, 6.45) is 4.92. The lowest BCUT2D eigenvalue weighted by molar-refractivity contribution is 0.549. The van der Waals surface area contributed by atoms with Crippen molar-refractivity contribution in [1.29, 1.82) is 0 Å². The van der Waals surface area contributed by atoms with E-state index in [4.69, 9.17) is 11.6 Å². The molecule has 2 heterocycles. The van der Waals surface area contributed by atoms with Gasteiger partial charge in [0.05, 0.1) is 0 Å². The molecule has 20 heavy (non-hydrogen) atoms. The molecule has 4 rings (SSSR count). The zero-order valence-electron chi connectivity index (χ0n) is 10.8. The third-order valence-electron chi connectivity index (χ3n) is 4.01. The van der Waals surface area contributed by atoms with Crippen molar-refractivity contribution < 1.29 is 0 Å². The molecule has 1 atom stereocenters. The Morgan fingerprint density at radius 3 is 2.90 bits per heavy atom. The van der Waals surface area contributed by atoms with Gasteiger partial charge in [0.25, 0.3) is 0 Å². The number of rotatable bonds is 1. The number of aromatic nitrogens is 4. The lowest BCUT2D eigenvalue weighted by Crippen LogP contribution is -2.15. The maximum atomic E-state index is 5.89. The second-order valence-electron chi connectivity index (χ2n) is 5.21. The van der Waals surface area contributed by atoms with Crippen molar-refractivity contribution in [2.24, 2.45) is 0 Å². The van der Waals surface area contributed by atoms with E-state index < -0.39 is 0 Å². The Morgan fingerprint density at radius 2 is 2.00 bits per heavy atom. The first-order valence-electron chi connectivity index (χ1n) is 6.74. The van der Waals surface area contributed by atoms with Gasteiger partial charge in [0, 0.05) is 12.0 Å². The molecule has 0 radical (unpaired) electrons. The van der Waals surface area contributed by atoms with E-state index in [0.717, 1.165) is 30.7 Å². The van der Waals surface area contributed by atoms with Crippen molar-refractivity contribution in [2.75, 3.05) is 0 Å². The molecule has 5 heteroatoms. The zero-order chi connectivity index (χ0) is 13.5. The number of hydrogen-bond donors (Lipinski definition) is 0. The van der Waals surface area contributed by atoms with Gasteiger partial charge in [-0.1, -0.05) is 35.9 Å². The van der Waals surface area contributed by atoms with Gasteiger partial charge in [-0.3, -0.25) is 4.40 Å². The number of hydrogen-bond acceptors (Lipinski definition) is 3. The summed E-state index contributed by atoms with van der Waals surface area (Å²) < 4.78 is 1.95. The molecule has 1 aromatic carbocycles. The zero-order valence-corrected chi connectivity index (χ0v) is 11.6. The second kappa shape index (κ2) is 4.56. The van der Waals surface area contributed by atoms with Crippen LogP contribution in [0.25, 0.3) is 5.65 Å². The Morgan fingerprint density at radius 1 is 1.15 bits per heavy atom. The SMILES string of the molecule is Clc1cc2nnc(C3CCc4ccccc4C3)n2cn1. The average molecular weight is 285 g/mol. The monoisotopic (exact) mass is 284 g/mol. The maximum absolute atomic E-state index is 5.89. The summed E-state index contributed by atoms with van der Waals surface area (Å²) in [7, 11) is 0. The van der Waals surface area contributed by atoms with E-state index >= 15 is 0 Å². The van der Waals surface area contributed by atoms with Gasteiger partial charge in [-0.25, -0.2) is 4.98 Å². The smallest absolute Gasteiger partial charge is 0.165 e.